The van der Waals surface area contributed by atoms with Crippen molar-refractivity contribution in [2.75, 3.05) is 0 Å². The molecular formula is C12H16O. The van der Waals surface area contributed by atoms with Crippen molar-refractivity contribution in [2.45, 2.75) is 45.4 Å². The van der Waals surface area contributed by atoms with E-state index >= 15 is 0 Å². The predicted octanol–water partition coefficient (Wildman–Crippen LogP) is 2.86. The third-order valence-electron chi connectivity index (χ3n) is 2.14. The molecular weight excluding hydrogens is 160 g/mol. The molecule has 1 aliphatic carbocycles. The Balaban J connectivity index is 2.29. The fourth-order valence-electron chi connectivity index (χ4n) is 1.37. The van der Waals surface area contributed by atoms with E-state index in [1.807, 2.05) is 0 Å². The summed E-state index contributed by atoms with van der Waals surface area (Å²) in [5.41, 5.74) is 1.27. The molecule has 0 aromatic heterocycles. The molecule has 13 heavy (non-hydrogen) atoms. The Bertz CT molecular complexity index is 263. The summed E-state index contributed by atoms with van der Waals surface area (Å²) in [6.45, 7) is 1.61. The highest BCUT2D eigenvalue weighted by Gasteiger charge is 1.99. The monoisotopic (exact) mass is 176 g/mol. The van der Waals surface area contributed by atoms with Gasteiger partial charge in [0.05, 0.1) is 0 Å². The van der Waals surface area contributed by atoms with E-state index in [0.717, 1.165) is 6.42 Å². The molecule has 0 unspecified atom stereocenters. The summed E-state index contributed by atoms with van der Waals surface area (Å²) in [5, 5.41) is 0. The minimum atomic E-state index is 0.229. The van der Waals surface area contributed by atoms with E-state index < -0.39 is 0 Å². The normalized spacial score (nSPS) is 15.6. The van der Waals surface area contributed by atoms with Crippen molar-refractivity contribution in [3.8, 4) is 11.8 Å². The first-order valence-corrected chi connectivity index (χ1v) is 4.96. The zero-order valence-electron chi connectivity index (χ0n) is 8.23. The fourth-order valence-corrected chi connectivity index (χ4v) is 1.37. The summed E-state index contributed by atoms with van der Waals surface area (Å²) in [4.78, 5) is 10.6. The van der Waals surface area contributed by atoms with Crippen LogP contribution in [0.5, 0.6) is 0 Å². The van der Waals surface area contributed by atoms with E-state index in [-0.39, 0.29) is 5.78 Å². The maximum atomic E-state index is 10.6. The van der Waals surface area contributed by atoms with Crippen molar-refractivity contribution in [3.63, 3.8) is 0 Å². The third kappa shape index (κ3) is 4.52. The predicted molar refractivity (Wildman–Crippen MR) is 54.2 cm³/mol. The number of ketones is 1. The van der Waals surface area contributed by atoms with Crippen LogP contribution in [0.3, 0.4) is 0 Å². The summed E-state index contributed by atoms with van der Waals surface area (Å²) in [7, 11) is 0. The van der Waals surface area contributed by atoms with Crippen LogP contribution in [-0.2, 0) is 4.79 Å². The van der Waals surface area contributed by atoms with Gasteiger partial charge >= 0.3 is 0 Å². The minimum absolute atomic E-state index is 0.229. The average molecular weight is 176 g/mol. The number of carbonyl (C=O) groups is 1. The molecule has 1 nitrogen and oxygen atoms in total. The topological polar surface area (TPSA) is 17.1 Å². The molecule has 0 N–H and O–H groups in total. The van der Waals surface area contributed by atoms with Gasteiger partial charge in [0.2, 0.25) is 0 Å². The largest absolute Gasteiger partial charge is 0.300 e. The van der Waals surface area contributed by atoms with Gasteiger partial charge in [0.25, 0.3) is 0 Å². The number of allylic oxidation sites excluding steroid dienone is 2. The molecule has 70 valence electrons. The molecule has 0 heterocycles. The summed E-state index contributed by atoms with van der Waals surface area (Å²) in [5.74, 6) is 6.41. The summed E-state index contributed by atoms with van der Waals surface area (Å²) < 4.78 is 0. The molecule has 0 saturated carbocycles. The van der Waals surface area contributed by atoms with Crippen LogP contribution in [0.2, 0.25) is 0 Å². The highest BCUT2D eigenvalue weighted by atomic mass is 16.1. The van der Waals surface area contributed by atoms with Crippen LogP contribution in [0.25, 0.3) is 0 Å². The highest BCUT2D eigenvalue weighted by molar-refractivity contribution is 5.75. The number of carbonyl (C=O) groups excluding carboxylic acids is 1. The lowest BCUT2D eigenvalue weighted by atomic mass is 10.00. The lowest BCUT2D eigenvalue weighted by Gasteiger charge is -2.05. The van der Waals surface area contributed by atoms with E-state index in [4.69, 9.17) is 0 Å². The molecule has 0 bridgehead atoms. The van der Waals surface area contributed by atoms with Crippen LogP contribution in [0.4, 0.5) is 0 Å². The van der Waals surface area contributed by atoms with E-state index in [1.54, 1.807) is 6.92 Å². The van der Waals surface area contributed by atoms with Crippen LogP contribution >= 0.6 is 0 Å². The van der Waals surface area contributed by atoms with Gasteiger partial charge in [0.1, 0.15) is 5.78 Å². The first-order valence-electron chi connectivity index (χ1n) is 4.96. The molecule has 0 radical (unpaired) electrons. The van der Waals surface area contributed by atoms with Crippen LogP contribution in [0.15, 0.2) is 11.6 Å². The zero-order valence-corrected chi connectivity index (χ0v) is 8.23. The van der Waals surface area contributed by atoms with Gasteiger partial charge in [0, 0.05) is 12.8 Å². The quantitative estimate of drug-likeness (QED) is 0.591. The van der Waals surface area contributed by atoms with Crippen LogP contribution in [0.1, 0.15) is 45.4 Å². The van der Waals surface area contributed by atoms with Crippen molar-refractivity contribution >= 4 is 5.78 Å². The van der Waals surface area contributed by atoms with E-state index in [2.05, 4.69) is 17.9 Å². The van der Waals surface area contributed by atoms with Gasteiger partial charge in [-0.1, -0.05) is 17.9 Å². The number of rotatable bonds is 2. The van der Waals surface area contributed by atoms with Crippen molar-refractivity contribution in [1.29, 1.82) is 0 Å². The molecule has 0 fully saturated rings. The minimum Gasteiger partial charge on any atom is -0.300 e. The van der Waals surface area contributed by atoms with E-state index in [1.165, 1.54) is 24.8 Å². The Labute approximate surface area is 80.2 Å². The van der Waals surface area contributed by atoms with Crippen LogP contribution in [0, 0.1) is 11.8 Å². The van der Waals surface area contributed by atoms with Gasteiger partial charge < -0.3 is 0 Å². The summed E-state index contributed by atoms with van der Waals surface area (Å²) in [6, 6.07) is 0. The van der Waals surface area contributed by atoms with E-state index in [0.29, 0.717) is 12.8 Å². The first-order chi connectivity index (χ1) is 6.29. The Morgan fingerprint density at radius 1 is 1.54 bits per heavy atom. The Kier molecular flexibility index (Phi) is 4.32. The molecule has 1 rings (SSSR count). The molecule has 0 aromatic rings. The van der Waals surface area contributed by atoms with Crippen LogP contribution in [-0.4, -0.2) is 5.78 Å². The summed E-state index contributed by atoms with van der Waals surface area (Å²) >= 11 is 0. The first kappa shape index (κ1) is 10.1. The van der Waals surface area contributed by atoms with E-state index in [9.17, 15) is 4.79 Å². The van der Waals surface area contributed by atoms with Gasteiger partial charge in [0.15, 0.2) is 0 Å². The zero-order chi connectivity index (χ0) is 9.52. The maximum Gasteiger partial charge on any atom is 0.130 e. The maximum absolute atomic E-state index is 10.6. The van der Waals surface area contributed by atoms with Gasteiger partial charge in [-0.3, -0.25) is 4.79 Å². The molecule has 0 atom stereocenters. The molecule has 0 aliphatic heterocycles. The third-order valence-corrected chi connectivity index (χ3v) is 2.14. The second-order valence-corrected chi connectivity index (χ2v) is 3.48. The van der Waals surface area contributed by atoms with Gasteiger partial charge in [-0.05, 0) is 38.2 Å². The summed E-state index contributed by atoms with van der Waals surface area (Å²) in [6.07, 6.45) is 8.42. The molecule has 0 saturated heterocycles. The smallest absolute Gasteiger partial charge is 0.130 e. The highest BCUT2D eigenvalue weighted by Crippen LogP contribution is 2.16. The average Bonchev–Trinajstić information content (AvgIpc) is 2.14. The van der Waals surface area contributed by atoms with Gasteiger partial charge in [-0.25, -0.2) is 0 Å². The van der Waals surface area contributed by atoms with Crippen molar-refractivity contribution in [3.05, 3.63) is 11.6 Å². The van der Waals surface area contributed by atoms with Crippen LogP contribution < -0.4 is 0 Å². The second-order valence-electron chi connectivity index (χ2n) is 3.48. The second kappa shape index (κ2) is 5.59. The number of hydrogen-bond acceptors (Lipinski definition) is 1. The fraction of sp³-hybridized carbons (Fsp3) is 0.583. The van der Waals surface area contributed by atoms with Crippen molar-refractivity contribution in [1.82, 2.24) is 0 Å². The molecule has 1 heteroatoms. The number of hydrogen-bond donors (Lipinski definition) is 0. The van der Waals surface area contributed by atoms with Crippen molar-refractivity contribution in [2.24, 2.45) is 0 Å². The molecule has 0 amide bonds. The molecule has 0 spiro atoms. The van der Waals surface area contributed by atoms with Gasteiger partial charge in [-0.15, -0.1) is 0 Å². The SMILES string of the molecule is CC(=O)CCC#CC1=CCCCC1. The molecule has 0 aromatic carbocycles. The lowest BCUT2D eigenvalue weighted by molar-refractivity contribution is -0.116. The Morgan fingerprint density at radius 3 is 3.00 bits per heavy atom. The van der Waals surface area contributed by atoms with Crippen molar-refractivity contribution < 1.29 is 4.79 Å². The number of Topliss-reactive ketones (excluding diaryl/α,β-unsaturated/α-hetero) is 1. The lowest BCUT2D eigenvalue weighted by Crippen LogP contribution is -1.89. The molecule has 1 aliphatic rings. The Morgan fingerprint density at radius 2 is 2.38 bits per heavy atom. The standard InChI is InChI=1S/C12H16O/c1-11(13)7-5-6-10-12-8-3-2-4-9-12/h8H,2-5,7,9H2,1H3. The van der Waals surface area contributed by atoms with Gasteiger partial charge in [-0.2, -0.15) is 0 Å². The Hall–Kier alpha value is -1.03.